The first-order valence-electron chi connectivity index (χ1n) is 6.03. The molecule has 92 valence electrons. The third-order valence-electron chi connectivity index (χ3n) is 3.14. The Labute approximate surface area is 107 Å². The first-order valence-corrected chi connectivity index (χ1v) is 6.40. The molecule has 0 atom stereocenters. The van der Waals surface area contributed by atoms with Crippen LogP contribution in [0.4, 0.5) is 5.69 Å². The third kappa shape index (κ3) is 2.91. The molecule has 0 aliphatic carbocycles. The molecule has 4 heteroatoms. The van der Waals surface area contributed by atoms with Gasteiger partial charge in [0.05, 0.1) is 5.56 Å². The van der Waals surface area contributed by atoms with Gasteiger partial charge in [0.15, 0.2) is 0 Å². The second-order valence-corrected chi connectivity index (χ2v) is 4.87. The Morgan fingerprint density at radius 3 is 2.41 bits per heavy atom. The minimum absolute atomic E-state index is 0.0288. The van der Waals surface area contributed by atoms with Crippen LogP contribution >= 0.6 is 11.6 Å². The zero-order chi connectivity index (χ0) is 12.3. The maximum atomic E-state index is 12.3. The van der Waals surface area contributed by atoms with E-state index >= 15 is 0 Å². The van der Waals surface area contributed by atoms with E-state index in [1.54, 1.807) is 18.2 Å². The van der Waals surface area contributed by atoms with Gasteiger partial charge in [-0.15, -0.1) is 0 Å². The van der Waals surface area contributed by atoms with Gasteiger partial charge in [-0.2, -0.15) is 0 Å². The number of nitrogens with two attached hydrogens (primary N) is 1. The Morgan fingerprint density at radius 1 is 1.18 bits per heavy atom. The maximum Gasteiger partial charge on any atom is 0.255 e. The molecular formula is C13H17ClN2O. The van der Waals surface area contributed by atoms with Crippen LogP contribution in [0.3, 0.4) is 0 Å². The van der Waals surface area contributed by atoms with Gasteiger partial charge in [-0.05, 0) is 31.0 Å². The summed E-state index contributed by atoms with van der Waals surface area (Å²) in [6.07, 6.45) is 4.58. The Kier molecular flexibility index (Phi) is 3.89. The molecule has 0 bridgehead atoms. The van der Waals surface area contributed by atoms with Crippen molar-refractivity contribution in [2.75, 3.05) is 18.8 Å². The summed E-state index contributed by atoms with van der Waals surface area (Å²) >= 11 is 5.83. The lowest BCUT2D eigenvalue weighted by Gasteiger charge is -2.21. The van der Waals surface area contributed by atoms with Crippen molar-refractivity contribution >= 4 is 23.2 Å². The maximum absolute atomic E-state index is 12.3. The van der Waals surface area contributed by atoms with Crippen molar-refractivity contribution in [1.29, 1.82) is 0 Å². The minimum atomic E-state index is 0.0288. The van der Waals surface area contributed by atoms with E-state index in [0.717, 1.165) is 25.9 Å². The van der Waals surface area contributed by atoms with Crippen LogP contribution in [0.1, 0.15) is 36.0 Å². The number of carbonyl (C=O) groups excluding carboxylic acids is 1. The predicted molar refractivity (Wildman–Crippen MR) is 70.2 cm³/mol. The largest absolute Gasteiger partial charge is 0.398 e. The van der Waals surface area contributed by atoms with E-state index in [0.29, 0.717) is 16.3 Å². The number of likely N-dealkylation sites (tertiary alicyclic amines) is 1. The smallest absolute Gasteiger partial charge is 0.255 e. The number of rotatable bonds is 1. The molecule has 1 amide bonds. The summed E-state index contributed by atoms with van der Waals surface area (Å²) in [5, 5.41) is 0.565. The van der Waals surface area contributed by atoms with E-state index in [1.165, 1.54) is 12.8 Å². The molecule has 1 aromatic rings. The molecule has 0 aromatic heterocycles. The highest BCUT2D eigenvalue weighted by Gasteiger charge is 2.19. The predicted octanol–water partition coefficient (Wildman–Crippen LogP) is 2.94. The fourth-order valence-electron chi connectivity index (χ4n) is 2.17. The molecule has 0 saturated carbocycles. The summed E-state index contributed by atoms with van der Waals surface area (Å²) in [4.78, 5) is 14.2. The summed E-state index contributed by atoms with van der Waals surface area (Å²) < 4.78 is 0. The van der Waals surface area contributed by atoms with Crippen molar-refractivity contribution in [2.45, 2.75) is 25.7 Å². The van der Waals surface area contributed by atoms with Gasteiger partial charge < -0.3 is 10.6 Å². The minimum Gasteiger partial charge on any atom is -0.398 e. The first kappa shape index (κ1) is 12.2. The summed E-state index contributed by atoms with van der Waals surface area (Å²) in [5.41, 5.74) is 6.87. The van der Waals surface area contributed by atoms with Crippen molar-refractivity contribution in [1.82, 2.24) is 4.90 Å². The summed E-state index contributed by atoms with van der Waals surface area (Å²) in [6.45, 7) is 1.67. The molecule has 17 heavy (non-hydrogen) atoms. The van der Waals surface area contributed by atoms with Gasteiger partial charge >= 0.3 is 0 Å². The normalized spacial score (nSPS) is 16.6. The molecule has 1 fully saturated rings. The topological polar surface area (TPSA) is 46.3 Å². The van der Waals surface area contributed by atoms with Gasteiger partial charge in [0.1, 0.15) is 0 Å². The Bertz CT molecular complexity index is 412. The van der Waals surface area contributed by atoms with E-state index in [2.05, 4.69) is 0 Å². The molecular weight excluding hydrogens is 236 g/mol. The number of carbonyl (C=O) groups is 1. The zero-order valence-corrected chi connectivity index (χ0v) is 10.5. The molecule has 1 aromatic carbocycles. The molecule has 2 rings (SSSR count). The number of hydrogen-bond donors (Lipinski definition) is 1. The number of hydrogen-bond acceptors (Lipinski definition) is 2. The molecule has 2 N–H and O–H groups in total. The molecule has 1 aliphatic heterocycles. The van der Waals surface area contributed by atoms with Crippen molar-refractivity contribution in [3.63, 3.8) is 0 Å². The highest BCUT2D eigenvalue weighted by atomic mass is 35.5. The van der Waals surface area contributed by atoms with Crippen LogP contribution in [0.2, 0.25) is 5.02 Å². The fraction of sp³-hybridized carbons (Fsp3) is 0.462. The van der Waals surface area contributed by atoms with Gasteiger partial charge in [-0.1, -0.05) is 24.4 Å². The van der Waals surface area contributed by atoms with Crippen LogP contribution in [-0.4, -0.2) is 23.9 Å². The molecule has 0 spiro atoms. The molecule has 1 heterocycles. The Balaban J connectivity index is 2.17. The van der Waals surface area contributed by atoms with E-state index in [-0.39, 0.29) is 5.91 Å². The monoisotopic (exact) mass is 252 g/mol. The average Bonchev–Trinajstić information content (AvgIpc) is 2.56. The molecule has 0 radical (unpaired) electrons. The Hall–Kier alpha value is -1.22. The average molecular weight is 253 g/mol. The quantitative estimate of drug-likeness (QED) is 0.781. The summed E-state index contributed by atoms with van der Waals surface area (Å²) in [6, 6.07) is 5.06. The van der Waals surface area contributed by atoms with Crippen LogP contribution in [0.25, 0.3) is 0 Å². The van der Waals surface area contributed by atoms with Crippen molar-refractivity contribution in [3.8, 4) is 0 Å². The SMILES string of the molecule is Nc1cc(Cl)ccc1C(=O)N1CCCCCC1. The van der Waals surface area contributed by atoms with Gasteiger partial charge in [-0.25, -0.2) is 0 Å². The molecule has 1 aliphatic rings. The van der Waals surface area contributed by atoms with E-state index in [9.17, 15) is 4.79 Å². The lowest BCUT2D eigenvalue weighted by atomic mass is 10.1. The van der Waals surface area contributed by atoms with Gasteiger partial charge in [0, 0.05) is 23.8 Å². The van der Waals surface area contributed by atoms with Gasteiger partial charge in [0.2, 0.25) is 0 Å². The van der Waals surface area contributed by atoms with Crippen molar-refractivity contribution in [3.05, 3.63) is 28.8 Å². The standard InChI is InChI=1S/C13H17ClN2O/c14-10-5-6-11(12(15)9-10)13(17)16-7-3-1-2-4-8-16/h5-6,9H,1-4,7-8,15H2. The highest BCUT2D eigenvalue weighted by Crippen LogP contribution is 2.21. The van der Waals surface area contributed by atoms with E-state index in [4.69, 9.17) is 17.3 Å². The van der Waals surface area contributed by atoms with E-state index < -0.39 is 0 Å². The fourth-order valence-corrected chi connectivity index (χ4v) is 2.35. The van der Waals surface area contributed by atoms with Gasteiger partial charge in [-0.3, -0.25) is 4.79 Å². The van der Waals surface area contributed by atoms with Gasteiger partial charge in [0.25, 0.3) is 5.91 Å². The van der Waals surface area contributed by atoms with E-state index in [1.807, 2.05) is 4.90 Å². The lowest BCUT2D eigenvalue weighted by Crippen LogP contribution is -2.32. The number of anilines is 1. The molecule has 3 nitrogen and oxygen atoms in total. The first-order chi connectivity index (χ1) is 8.18. The number of benzene rings is 1. The number of nitrogen functional groups attached to an aromatic ring is 1. The number of amides is 1. The Morgan fingerprint density at radius 2 is 1.82 bits per heavy atom. The third-order valence-corrected chi connectivity index (χ3v) is 3.37. The highest BCUT2D eigenvalue weighted by molar-refractivity contribution is 6.31. The lowest BCUT2D eigenvalue weighted by molar-refractivity contribution is 0.0762. The second-order valence-electron chi connectivity index (χ2n) is 4.44. The summed E-state index contributed by atoms with van der Waals surface area (Å²) in [5.74, 6) is 0.0288. The van der Waals surface area contributed by atoms with Crippen LogP contribution in [0.5, 0.6) is 0 Å². The second kappa shape index (κ2) is 5.41. The zero-order valence-electron chi connectivity index (χ0n) is 9.79. The van der Waals surface area contributed by atoms with Crippen LogP contribution in [0.15, 0.2) is 18.2 Å². The van der Waals surface area contributed by atoms with Crippen LogP contribution in [0, 0.1) is 0 Å². The molecule has 0 unspecified atom stereocenters. The van der Waals surface area contributed by atoms with Crippen molar-refractivity contribution in [2.24, 2.45) is 0 Å². The number of halogens is 1. The van der Waals surface area contributed by atoms with Crippen molar-refractivity contribution < 1.29 is 4.79 Å². The molecule has 1 saturated heterocycles. The summed E-state index contributed by atoms with van der Waals surface area (Å²) in [7, 11) is 0. The number of nitrogens with zero attached hydrogens (tertiary/aromatic N) is 1. The van der Waals surface area contributed by atoms with Crippen LogP contribution < -0.4 is 5.73 Å². The van der Waals surface area contributed by atoms with Crippen LogP contribution in [-0.2, 0) is 0 Å².